The van der Waals surface area contributed by atoms with Gasteiger partial charge in [0.25, 0.3) is 0 Å². The number of rotatable bonds is 3. The lowest BCUT2D eigenvalue weighted by atomic mass is 10.1. The minimum atomic E-state index is 0.715. The monoisotopic (exact) mass is 385 g/mol. The summed E-state index contributed by atoms with van der Waals surface area (Å²) in [5.41, 5.74) is 4.09. The van der Waals surface area contributed by atoms with Crippen LogP contribution in [-0.4, -0.2) is 9.97 Å². The summed E-state index contributed by atoms with van der Waals surface area (Å²) in [6.07, 6.45) is 1.57. The van der Waals surface area contributed by atoms with Crippen LogP contribution < -0.4 is 5.32 Å². The number of nitrogens with zero attached hydrogens (tertiary/aromatic N) is 2. The molecule has 0 aliphatic carbocycles. The van der Waals surface area contributed by atoms with E-state index in [1.165, 1.54) is 0 Å². The highest BCUT2D eigenvalue weighted by atomic mass is 35.5. The van der Waals surface area contributed by atoms with Crippen LogP contribution in [0.1, 0.15) is 5.56 Å². The van der Waals surface area contributed by atoms with Crippen LogP contribution >= 0.6 is 34.5 Å². The molecule has 0 amide bonds. The molecule has 0 aliphatic rings. The molecule has 25 heavy (non-hydrogen) atoms. The number of thiophene rings is 1. The van der Waals surface area contributed by atoms with Gasteiger partial charge in [-0.25, -0.2) is 9.97 Å². The first-order valence-electron chi connectivity index (χ1n) is 7.63. The number of nitrogens with one attached hydrogen (secondary N) is 1. The number of hydrogen-bond donors (Lipinski definition) is 1. The highest BCUT2D eigenvalue weighted by Crippen LogP contribution is 2.38. The van der Waals surface area contributed by atoms with Gasteiger partial charge in [0.2, 0.25) is 0 Å². The highest BCUT2D eigenvalue weighted by Gasteiger charge is 2.13. The van der Waals surface area contributed by atoms with Gasteiger partial charge < -0.3 is 5.32 Å². The van der Waals surface area contributed by atoms with Crippen molar-refractivity contribution in [3.05, 3.63) is 69.8 Å². The average Bonchev–Trinajstić information content (AvgIpc) is 3.04. The van der Waals surface area contributed by atoms with Crippen molar-refractivity contribution in [1.29, 1.82) is 0 Å². The summed E-state index contributed by atoms with van der Waals surface area (Å²) in [6, 6.07) is 13.7. The zero-order chi connectivity index (χ0) is 17.4. The maximum atomic E-state index is 6.24. The molecule has 0 spiro atoms. The molecule has 2 heterocycles. The second-order valence-corrected chi connectivity index (χ2v) is 7.35. The van der Waals surface area contributed by atoms with Gasteiger partial charge in [0.1, 0.15) is 17.0 Å². The van der Waals surface area contributed by atoms with Crippen LogP contribution in [0.4, 0.5) is 11.5 Å². The molecule has 0 aliphatic heterocycles. The first-order chi connectivity index (χ1) is 12.1. The Morgan fingerprint density at radius 2 is 1.80 bits per heavy atom. The Morgan fingerprint density at radius 3 is 2.56 bits per heavy atom. The van der Waals surface area contributed by atoms with Crippen LogP contribution in [0.5, 0.6) is 0 Å². The summed E-state index contributed by atoms with van der Waals surface area (Å²) in [5.74, 6) is 0.760. The lowest BCUT2D eigenvalue weighted by Gasteiger charge is -2.09. The van der Waals surface area contributed by atoms with Crippen molar-refractivity contribution in [3.63, 3.8) is 0 Å². The summed E-state index contributed by atoms with van der Waals surface area (Å²) in [7, 11) is 0. The van der Waals surface area contributed by atoms with Crippen LogP contribution in [0.2, 0.25) is 10.0 Å². The summed E-state index contributed by atoms with van der Waals surface area (Å²) >= 11 is 13.8. The molecule has 0 saturated carbocycles. The van der Waals surface area contributed by atoms with Crippen molar-refractivity contribution in [2.45, 2.75) is 6.92 Å². The van der Waals surface area contributed by atoms with Gasteiger partial charge >= 0.3 is 0 Å². The molecular formula is C19H13Cl2N3S. The van der Waals surface area contributed by atoms with E-state index in [-0.39, 0.29) is 0 Å². The Labute approximate surface area is 159 Å². The molecule has 0 unspecified atom stereocenters. The zero-order valence-electron chi connectivity index (χ0n) is 13.3. The summed E-state index contributed by atoms with van der Waals surface area (Å²) in [6.45, 7) is 1.98. The van der Waals surface area contributed by atoms with Gasteiger partial charge in [-0.1, -0.05) is 41.4 Å². The molecule has 0 atom stereocenters. The highest BCUT2D eigenvalue weighted by molar-refractivity contribution is 7.17. The Morgan fingerprint density at radius 1 is 1.00 bits per heavy atom. The molecule has 1 N–H and O–H groups in total. The first-order valence-corrected chi connectivity index (χ1v) is 9.27. The van der Waals surface area contributed by atoms with Crippen molar-refractivity contribution in [2.75, 3.05) is 5.32 Å². The first kappa shape index (κ1) is 16.3. The largest absolute Gasteiger partial charge is 0.340 e. The third-order valence-corrected chi connectivity index (χ3v) is 5.51. The molecule has 2 aromatic heterocycles. The van der Waals surface area contributed by atoms with Crippen molar-refractivity contribution in [1.82, 2.24) is 9.97 Å². The molecule has 3 nitrogen and oxygen atoms in total. The summed E-state index contributed by atoms with van der Waals surface area (Å²) in [5, 5.41) is 7.89. The van der Waals surface area contributed by atoms with Crippen LogP contribution in [-0.2, 0) is 0 Å². The summed E-state index contributed by atoms with van der Waals surface area (Å²) in [4.78, 5) is 9.77. The van der Waals surface area contributed by atoms with Crippen LogP contribution in [0.3, 0.4) is 0 Å². The second kappa shape index (κ2) is 6.64. The minimum Gasteiger partial charge on any atom is -0.340 e. The minimum absolute atomic E-state index is 0.715. The molecule has 124 valence electrons. The lowest BCUT2D eigenvalue weighted by Crippen LogP contribution is -1.96. The van der Waals surface area contributed by atoms with Gasteiger partial charge in [0.05, 0.1) is 5.39 Å². The number of aromatic nitrogens is 2. The third kappa shape index (κ3) is 3.21. The fraction of sp³-hybridized carbons (Fsp3) is 0.0526. The molecule has 0 bridgehead atoms. The fourth-order valence-corrected chi connectivity index (χ4v) is 3.84. The number of fused-ring (bicyclic) bond motifs is 1. The second-order valence-electron chi connectivity index (χ2n) is 5.65. The maximum Gasteiger partial charge on any atom is 0.143 e. The zero-order valence-corrected chi connectivity index (χ0v) is 15.6. The lowest BCUT2D eigenvalue weighted by molar-refractivity contribution is 1.23. The van der Waals surface area contributed by atoms with Crippen molar-refractivity contribution in [2.24, 2.45) is 0 Å². The molecule has 0 fully saturated rings. The van der Waals surface area contributed by atoms with Crippen LogP contribution in [0.25, 0.3) is 21.3 Å². The number of hydrogen-bond acceptors (Lipinski definition) is 4. The third-order valence-electron chi connectivity index (χ3n) is 3.96. The number of benzene rings is 2. The maximum absolute atomic E-state index is 6.24. The smallest absolute Gasteiger partial charge is 0.143 e. The normalized spacial score (nSPS) is 11.0. The van der Waals surface area contributed by atoms with E-state index in [4.69, 9.17) is 23.2 Å². The SMILES string of the molecule is Cc1ccc(Nc2ncnc3scc(-c4ccc(Cl)cc4)c23)cc1Cl. The molecule has 0 radical (unpaired) electrons. The van der Waals surface area contributed by atoms with Gasteiger partial charge in [0.15, 0.2) is 0 Å². The van der Waals surface area contributed by atoms with Gasteiger partial charge in [-0.05, 0) is 42.3 Å². The van der Waals surface area contributed by atoms with E-state index in [0.717, 1.165) is 43.4 Å². The van der Waals surface area contributed by atoms with E-state index in [9.17, 15) is 0 Å². The molecule has 4 rings (SSSR count). The standard InChI is InChI=1S/C19H13Cl2N3S/c1-11-2-7-14(8-16(11)21)24-18-17-15(9-25-19(17)23-10-22-18)12-3-5-13(20)6-4-12/h2-10H,1H3,(H,22,23,24). The number of halogens is 2. The van der Waals surface area contributed by atoms with E-state index >= 15 is 0 Å². The molecular weight excluding hydrogens is 373 g/mol. The van der Waals surface area contributed by atoms with Gasteiger partial charge in [-0.2, -0.15) is 0 Å². The van der Waals surface area contributed by atoms with Gasteiger partial charge in [-0.3, -0.25) is 0 Å². The predicted molar refractivity (Wildman–Crippen MR) is 107 cm³/mol. The Bertz CT molecular complexity index is 1060. The predicted octanol–water partition coefficient (Wildman–Crippen LogP) is 6.72. The van der Waals surface area contributed by atoms with E-state index in [1.54, 1.807) is 17.7 Å². The Kier molecular flexibility index (Phi) is 4.34. The molecule has 6 heteroatoms. The van der Waals surface area contributed by atoms with Crippen molar-refractivity contribution < 1.29 is 0 Å². The topological polar surface area (TPSA) is 37.8 Å². The number of aryl methyl sites for hydroxylation is 1. The van der Waals surface area contributed by atoms with Gasteiger partial charge in [-0.15, -0.1) is 11.3 Å². The quantitative estimate of drug-likeness (QED) is 0.425. The van der Waals surface area contributed by atoms with Gasteiger partial charge in [0, 0.05) is 26.7 Å². The fourth-order valence-electron chi connectivity index (χ4n) is 2.62. The molecule has 4 aromatic rings. The Hall–Kier alpha value is -2.14. The van der Waals surface area contributed by atoms with Crippen LogP contribution in [0, 0.1) is 6.92 Å². The molecule has 0 saturated heterocycles. The van der Waals surface area contributed by atoms with E-state index in [1.807, 2.05) is 49.4 Å². The Balaban J connectivity index is 1.82. The van der Waals surface area contributed by atoms with Crippen molar-refractivity contribution in [3.8, 4) is 11.1 Å². The summed E-state index contributed by atoms with van der Waals surface area (Å²) < 4.78 is 0. The van der Waals surface area contributed by atoms with E-state index < -0.39 is 0 Å². The average molecular weight is 386 g/mol. The van der Waals surface area contributed by atoms with Crippen molar-refractivity contribution >= 4 is 56.3 Å². The van der Waals surface area contributed by atoms with E-state index in [0.29, 0.717) is 5.02 Å². The number of anilines is 2. The van der Waals surface area contributed by atoms with E-state index in [2.05, 4.69) is 20.7 Å². The molecule has 2 aromatic carbocycles. The van der Waals surface area contributed by atoms with Crippen LogP contribution in [0.15, 0.2) is 54.2 Å².